The molecule has 2 N–H and O–H groups in total. The molecule has 1 aromatic rings. The molecule has 0 saturated carbocycles. The number of hydrogen-bond donors (Lipinski definition) is 2. The van der Waals surface area contributed by atoms with Crippen molar-refractivity contribution in [1.29, 1.82) is 0 Å². The van der Waals surface area contributed by atoms with E-state index in [1.54, 1.807) is 12.1 Å². The van der Waals surface area contributed by atoms with Gasteiger partial charge in [-0.3, -0.25) is 10.1 Å². The van der Waals surface area contributed by atoms with Crippen LogP contribution in [0.1, 0.15) is 30.9 Å². The molecular formula is C12H18N2O3. The zero-order chi connectivity index (χ0) is 12.8. The molecule has 0 fully saturated rings. The van der Waals surface area contributed by atoms with E-state index in [1.165, 1.54) is 0 Å². The standard InChI is InChI=1S/C12H18N2O3/c1-9(2)11-4-3-10(8-13-5-6-15)7-12(11)14(16)17/h3-4,7,9,13,15H,5-6,8H2,1-2H3. The zero-order valence-electron chi connectivity index (χ0n) is 10.1. The van der Waals surface area contributed by atoms with E-state index in [9.17, 15) is 10.1 Å². The van der Waals surface area contributed by atoms with Gasteiger partial charge >= 0.3 is 0 Å². The second kappa shape index (κ2) is 6.32. The van der Waals surface area contributed by atoms with Gasteiger partial charge in [-0.1, -0.05) is 26.0 Å². The van der Waals surface area contributed by atoms with Gasteiger partial charge in [-0.05, 0) is 11.5 Å². The summed E-state index contributed by atoms with van der Waals surface area (Å²) in [6.07, 6.45) is 0. The Hall–Kier alpha value is -1.46. The Kier molecular flexibility index (Phi) is 5.06. The molecule has 0 spiro atoms. The number of rotatable bonds is 6. The first-order valence-corrected chi connectivity index (χ1v) is 5.65. The van der Waals surface area contributed by atoms with E-state index < -0.39 is 0 Å². The van der Waals surface area contributed by atoms with Gasteiger partial charge < -0.3 is 10.4 Å². The molecule has 0 radical (unpaired) electrons. The molecule has 0 saturated heterocycles. The summed E-state index contributed by atoms with van der Waals surface area (Å²) in [5.74, 6) is 0.134. The third kappa shape index (κ3) is 3.80. The molecule has 17 heavy (non-hydrogen) atoms. The smallest absolute Gasteiger partial charge is 0.273 e. The first-order valence-electron chi connectivity index (χ1n) is 5.65. The number of nitro benzene ring substituents is 1. The summed E-state index contributed by atoms with van der Waals surface area (Å²) in [6, 6.07) is 5.28. The van der Waals surface area contributed by atoms with Gasteiger partial charge in [0.05, 0.1) is 11.5 Å². The molecule has 94 valence electrons. The third-order valence-electron chi connectivity index (χ3n) is 2.53. The maximum absolute atomic E-state index is 11.0. The lowest BCUT2D eigenvalue weighted by atomic mass is 9.99. The van der Waals surface area contributed by atoms with Crippen molar-refractivity contribution in [3.8, 4) is 0 Å². The molecule has 0 bridgehead atoms. The Morgan fingerprint density at radius 3 is 2.71 bits per heavy atom. The van der Waals surface area contributed by atoms with Gasteiger partial charge in [-0.15, -0.1) is 0 Å². The highest BCUT2D eigenvalue weighted by Crippen LogP contribution is 2.27. The number of aliphatic hydroxyl groups is 1. The highest BCUT2D eigenvalue weighted by Gasteiger charge is 2.16. The summed E-state index contributed by atoms with van der Waals surface area (Å²) in [5, 5.41) is 22.6. The van der Waals surface area contributed by atoms with Gasteiger partial charge in [0.1, 0.15) is 0 Å². The van der Waals surface area contributed by atoms with Crippen LogP contribution in [0.15, 0.2) is 18.2 Å². The summed E-state index contributed by atoms with van der Waals surface area (Å²) < 4.78 is 0. The van der Waals surface area contributed by atoms with Crippen LogP contribution >= 0.6 is 0 Å². The number of benzene rings is 1. The van der Waals surface area contributed by atoms with Crippen LogP contribution in [-0.2, 0) is 6.54 Å². The molecule has 0 heterocycles. The van der Waals surface area contributed by atoms with Crippen molar-refractivity contribution in [3.63, 3.8) is 0 Å². The van der Waals surface area contributed by atoms with Crippen LogP contribution in [0.2, 0.25) is 0 Å². The maximum atomic E-state index is 11.0. The number of nitrogens with zero attached hydrogens (tertiary/aromatic N) is 1. The minimum Gasteiger partial charge on any atom is -0.395 e. The Morgan fingerprint density at radius 1 is 1.47 bits per heavy atom. The van der Waals surface area contributed by atoms with Gasteiger partial charge in [-0.25, -0.2) is 0 Å². The van der Waals surface area contributed by atoms with Crippen LogP contribution < -0.4 is 5.32 Å². The van der Waals surface area contributed by atoms with Crippen molar-refractivity contribution >= 4 is 5.69 Å². The largest absolute Gasteiger partial charge is 0.395 e. The van der Waals surface area contributed by atoms with Crippen LogP contribution in [0, 0.1) is 10.1 Å². The van der Waals surface area contributed by atoms with E-state index in [1.807, 2.05) is 19.9 Å². The number of hydrogen-bond acceptors (Lipinski definition) is 4. The predicted octanol–water partition coefficient (Wildman–Crippen LogP) is 1.80. The maximum Gasteiger partial charge on any atom is 0.273 e. The second-order valence-corrected chi connectivity index (χ2v) is 4.21. The van der Waals surface area contributed by atoms with Crippen molar-refractivity contribution in [3.05, 3.63) is 39.4 Å². The van der Waals surface area contributed by atoms with Gasteiger partial charge in [0.2, 0.25) is 0 Å². The van der Waals surface area contributed by atoms with Crippen LogP contribution in [0.5, 0.6) is 0 Å². The van der Waals surface area contributed by atoms with Crippen LogP contribution in [0.4, 0.5) is 5.69 Å². The monoisotopic (exact) mass is 238 g/mol. The highest BCUT2D eigenvalue weighted by molar-refractivity contribution is 5.45. The first-order chi connectivity index (χ1) is 8.06. The molecule has 0 aliphatic carbocycles. The van der Waals surface area contributed by atoms with Crippen molar-refractivity contribution in [2.45, 2.75) is 26.3 Å². The molecular weight excluding hydrogens is 220 g/mol. The van der Waals surface area contributed by atoms with E-state index in [0.29, 0.717) is 13.1 Å². The Balaban J connectivity index is 2.90. The fourth-order valence-corrected chi connectivity index (χ4v) is 1.66. The van der Waals surface area contributed by atoms with Gasteiger partial charge in [-0.2, -0.15) is 0 Å². The van der Waals surface area contributed by atoms with Crippen molar-refractivity contribution in [2.24, 2.45) is 0 Å². The molecule has 0 aliphatic heterocycles. The summed E-state index contributed by atoms with van der Waals surface area (Å²) in [4.78, 5) is 10.6. The molecule has 5 nitrogen and oxygen atoms in total. The minimum atomic E-state index is -0.342. The quantitative estimate of drug-likeness (QED) is 0.450. The summed E-state index contributed by atoms with van der Waals surface area (Å²) >= 11 is 0. The lowest BCUT2D eigenvalue weighted by molar-refractivity contribution is -0.385. The van der Waals surface area contributed by atoms with Crippen LogP contribution in [-0.4, -0.2) is 23.2 Å². The van der Waals surface area contributed by atoms with Gasteiger partial charge in [0.15, 0.2) is 0 Å². The Bertz CT molecular complexity index is 391. The molecule has 0 amide bonds. The van der Waals surface area contributed by atoms with Gasteiger partial charge in [0, 0.05) is 24.7 Å². The lowest BCUT2D eigenvalue weighted by Crippen LogP contribution is -2.17. The number of nitro groups is 1. The van der Waals surface area contributed by atoms with E-state index in [-0.39, 0.29) is 23.1 Å². The summed E-state index contributed by atoms with van der Waals surface area (Å²) in [7, 11) is 0. The third-order valence-corrected chi connectivity index (χ3v) is 2.53. The van der Waals surface area contributed by atoms with Crippen molar-refractivity contribution < 1.29 is 10.0 Å². The SMILES string of the molecule is CC(C)c1ccc(CNCCO)cc1[N+](=O)[O-]. The topological polar surface area (TPSA) is 75.4 Å². The van der Waals surface area contributed by atoms with Crippen molar-refractivity contribution in [2.75, 3.05) is 13.2 Å². The van der Waals surface area contributed by atoms with Crippen LogP contribution in [0.3, 0.4) is 0 Å². The minimum absolute atomic E-state index is 0.0617. The molecule has 5 heteroatoms. The summed E-state index contributed by atoms with van der Waals surface area (Å²) in [6.45, 7) is 4.95. The molecule has 1 rings (SSSR count). The fraction of sp³-hybridized carbons (Fsp3) is 0.500. The second-order valence-electron chi connectivity index (χ2n) is 4.21. The highest BCUT2D eigenvalue weighted by atomic mass is 16.6. The molecule has 0 aromatic heterocycles. The average molecular weight is 238 g/mol. The first kappa shape index (κ1) is 13.6. The van der Waals surface area contributed by atoms with Gasteiger partial charge in [0.25, 0.3) is 5.69 Å². The van der Waals surface area contributed by atoms with E-state index >= 15 is 0 Å². The Morgan fingerprint density at radius 2 is 2.18 bits per heavy atom. The van der Waals surface area contributed by atoms with Crippen LogP contribution in [0.25, 0.3) is 0 Å². The lowest BCUT2D eigenvalue weighted by Gasteiger charge is -2.09. The fourth-order valence-electron chi connectivity index (χ4n) is 1.66. The normalized spacial score (nSPS) is 10.8. The average Bonchev–Trinajstić information content (AvgIpc) is 2.29. The predicted molar refractivity (Wildman–Crippen MR) is 66.0 cm³/mol. The Labute approximate surface area is 101 Å². The van der Waals surface area contributed by atoms with E-state index in [4.69, 9.17) is 5.11 Å². The van der Waals surface area contributed by atoms with Crippen molar-refractivity contribution in [1.82, 2.24) is 5.32 Å². The molecule has 1 aromatic carbocycles. The molecule has 0 atom stereocenters. The zero-order valence-corrected chi connectivity index (χ0v) is 10.1. The number of nitrogens with one attached hydrogen (secondary N) is 1. The summed E-state index contributed by atoms with van der Waals surface area (Å²) in [5.41, 5.74) is 1.78. The number of aliphatic hydroxyl groups excluding tert-OH is 1. The molecule has 0 unspecified atom stereocenters. The molecule has 0 aliphatic rings. The van der Waals surface area contributed by atoms with E-state index in [2.05, 4.69) is 5.32 Å². The van der Waals surface area contributed by atoms with E-state index in [0.717, 1.165) is 11.1 Å².